The lowest BCUT2D eigenvalue weighted by Gasteiger charge is -2.30. The average Bonchev–Trinajstić information content (AvgIpc) is 3.34. The molecule has 0 radical (unpaired) electrons. The van der Waals surface area contributed by atoms with Gasteiger partial charge in [-0.1, -0.05) is 76.2 Å². The molecule has 8 heteroatoms. The third-order valence-electron chi connectivity index (χ3n) is 7.92. The lowest BCUT2D eigenvalue weighted by atomic mass is 9.87. The van der Waals surface area contributed by atoms with Crippen LogP contribution in [0.3, 0.4) is 0 Å². The van der Waals surface area contributed by atoms with Crippen molar-refractivity contribution in [3.63, 3.8) is 0 Å². The van der Waals surface area contributed by atoms with Crippen LogP contribution >= 0.6 is 0 Å². The zero-order valence-electron chi connectivity index (χ0n) is 25.3. The van der Waals surface area contributed by atoms with E-state index in [1.807, 2.05) is 81.4 Å². The van der Waals surface area contributed by atoms with Crippen molar-refractivity contribution < 1.29 is 23.4 Å². The van der Waals surface area contributed by atoms with Crippen LogP contribution in [0.25, 0.3) is 22.0 Å². The highest BCUT2D eigenvalue weighted by Crippen LogP contribution is 2.38. The number of primary amides is 1. The molecule has 0 spiro atoms. The van der Waals surface area contributed by atoms with Gasteiger partial charge in [-0.2, -0.15) is 4.39 Å². The van der Waals surface area contributed by atoms with Crippen LogP contribution in [0.1, 0.15) is 76.3 Å². The maximum Gasteiger partial charge on any atom is 0.404 e. The number of carbonyl (C=O) groups excluding carboxylic acids is 1. The number of fused-ring (bicyclic) bond motifs is 1. The molecule has 4 aromatic rings. The molecule has 1 fully saturated rings. The monoisotopic (exact) mass is 585 g/mol. The Morgan fingerprint density at radius 1 is 1.05 bits per heavy atom. The van der Waals surface area contributed by atoms with Gasteiger partial charge < -0.3 is 19.9 Å². The number of hydrogen-bond acceptors (Lipinski definition) is 5. The predicted octanol–water partition coefficient (Wildman–Crippen LogP) is 8.13. The summed E-state index contributed by atoms with van der Waals surface area (Å²) in [6.07, 6.45) is 2.14. The Morgan fingerprint density at radius 3 is 2.40 bits per heavy atom. The topological polar surface area (TPSA) is 88.6 Å². The molecule has 0 aliphatic carbocycles. The van der Waals surface area contributed by atoms with Crippen molar-refractivity contribution in [3.8, 4) is 5.75 Å². The van der Waals surface area contributed by atoms with E-state index in [2.05, 4.69) is 24.2 Å². The largest absolute Gasteiger partial charge is 0.486 e. The van der Waals surface area contributed by atoms with Crippen molar-refractivity contribution in [1.82, 2.24) is 9.78 Å². The van der Waals surface area contributed by atoms with Crippen LogP contribution in [-0.2, 0) is 9.47 Å². The second-order valence-electron chi connectivity index (χ2n) is 12.0. The Bertz CT molecular complexity index is 1580. The van der Waals surface area contributed by atoms with Crippen molar-refractivity contribution in [2.45, 2.75) is 65.7 Å². The van der Waals surface area contributed by atoms with Gasteiger partial charge in [0.25, 0.3) is 0 Å². The fraction of sp³-hybridized carbons (Fsp3) is 0.371. The van der Waals surface area contributed by atoms with E-state index >= 15 is 4.39 Å². The van der Waals surface area contributed by atoms with Gasteiger partial charge in [0, 0.05) is 12.0 Å². The first-order valence-electron chi connectivity index (χ1n) is 14.9. The van der Waals surface area contributed by atoms with E-state index in [0.29, 0.717) is 17.7 Å². The summed E-state index contributed by atoms with van der Waals surface area (Å²) < 4.78 is 34.3. The minimum Gasteiger partial charge on any atom is -0.486 e. The molecular weight excluding hydrogens is 545 g/mol. The SMILES string of the molecule is CCC(=C(c1ccc(OC(COC(N)=O)C(C)(C)C)cc1)c1ccc2c(c1)c(F)nn2C1CCCCO1)c1ccccc1. The fourth-order valence-corrected chi connectivity index (χ4v) is 5.56. The second kappa shape index (κ2) is 13.0. The molecular formula is C35H40FN3O4. The van der Waals surface area contributed by atoms with Gasteiger partial charge in [0.15, 0.2) is 6.23 Å². The van der Waals surface area contributed by atoms with Gasteiger partial charge in [0.05, 0.1) is 10.9 Å². The number of hydrogen-bond donors (Lipinski definition) is 1. The highest BCUT2D eigenvalue weighted by Gasteiger charge is 2.28. The van der Waals surface area contributed by atoms with Crippen LogP contribution in [0.15, 0.2) is 72.8 Å². The Hall–Kier alpha value is -4.17. The van der Waals surface area contributed by atoms with Crippen molar-refractivity contribution in [2.75, 3.05) is 13.2 Å². The molecule has 3 aromatic carbocycles. The minimum atomic E-state index is -0.832. The van der Waals surface area contributed by atoms with Crippen molar-refractivity contribution >= 4 is 28.1 Å². The number of aromatic nitrogens is 2. The number of ether oxygens (including phenoxy) is 3. The van der Waals surface area contributed by atoms with Gasteiger partial charge in [-0.15, -0.1) is 5.10 Å². The maximum absolute atomic E-state index is 15.3. The zero-order chi connectivity index (χ0) is 30.6. The molecule has 0 bridgehead atoms. The molecule has 1 amide bonds. The summed E-state index contributed by atoms with van der Waals surface area (Å²) in [5, 5.41) is 4.72. The molecule has 1 aliphatic rings. The first-order chi connectivity index (χ1) is 20.7. The highest BCUT2D eigenvalue weighted by atomic mass is 19.1. The van der Waals surface area contributed by atoms with E-state index < -0.39 is 18.1 Å². The number of benzene rings is 3. The average molecular weight is 586 g/mol. The number of amides is 1. The van der Waals surface area contributed by atoms with Crippen LogP contribution in [0, 0.1) is 11.4 Å². The van der Waals surface area contributed by atoms with E-state index in [-0.39, 0.29) is 18.2 Å². The van der Waals surface area contributed by atoms with E-state index in [4.69, 9.17) is 19.9 Å². The van der Waals surface area contributed by atoms with Crippen LogP contribution in [0.5, 0.6) is 5.75 Å². The lowest BCUT2D eigenvalue weighted by molar-refractivity contribution is -0.0375. The summed E-state index contributed by atoms with van der Waals surface area (Å²) >= 11 is 0. The Kier molecular flexibility index (Phi) is 9.16. The number of carbonyl (C=O) groups is 1. The summed E-state index contributed by atoms with van der Waals surface area (Å²) in [5.74, 6) is 0.141. The molecule has 1 aromatic heterocycles. The summed E-state index contributed by atoms with van der Waals surface area (Å²) in [4.78, 5) is 11.2. The first-order valence-corrected chi connectivity index (χ1v) is 14.9. The van der Waals surface area contributed by atoms with Crippen LogP contribution in [-0.4, -0.2) is 35.2 Å². The Labute approximate surface area is 252 Å². The predicted molar refractivity (Wildman–Crippen MR) is 167 cm³/mol. The van der Waals surface area contributed by atoms with Crippen molar-refractivity contribution in [2.24, 2.45) is 11.1 Å². The molecule has 5 rings (SSSR count). The number of nitrogens with two attached hydrogens (primary N) is 1. The molecule has 7 nitrogen and oxygen atoms in total. The standard InChI is InChI=1S/C35H40FN3O4/c1-5-27(23-11-7-6-8-12-23)32(24-14-17-26(18-15-24)43-30(35(2,3)4)22-42-34(37)40)25-16-19-29-28(21-25)33(36)38-39(29)31-13-9-10-20-41-31/h6-8,11-12,14-19,21,30-31H,5,9-10,13,20,22H2,1-4H3,(H2,37,40). The first kappa shape index (κ1) is 30.3. The normalized spacial score (nSPS) is 16.9. The van der Waals surface area contributed by atoms with Gasteiger partial charge >= 0.3 is 6.09 Å². The van der Waals surface area contributed by atoms with Gasteiger partial charge in [-0.05, 0) is 77.8 Å². The third-order valence-corrected chi connectivity index (χ3v) is 7.92. The Morgan fingerprint density at radius 2 is 1.77 bits per heavy atom. The smallest absolute Gasteiger partial charge is 0.404 e. The molecule has 2 atom stereocenters. The molecule has 226 valence electrons. The summed E-state index contributed by atoms with van der Waals surface area (Å²) in [5.41, 5.74) is 10.7. The summed E-state index contributed by atoms with van der Waals surface area (Å²) in [6, 6.07) is 24.0. The Balaban J connectivity index is 1.56. The lowest BCUT2D eigenvalue weighted by Crippen LogP contribution is -2.37. The van der Waals surface area contributed by atoms with Gasteiger partial charge in [0.1, 0.15) is 18.5 Å². The molecule has 0 saturated carbocycles. The highest BCUT2D eigenvalue weighted by molar-refractivity contribution is 6.00. The second-order valence-corrected chi connectivity index (χ2v) is 12.0. The van der Waals surface area contributed by atoms with E-state index in [9.17, 15) is 4.79 Å². The van der Waals surface area contributed by atoms with Gasteiger partial charge in [-0.3, -0.25) is 0 Å². The summed E-state index contributed by atoms with van der Waals surface area (Å²) in [7, 11) is 0. The molecule has 2 N–H and O–H groups in total. The fourth-order valence-electron chi connectivity index (χ4n) is 5.56. The minimum absolute atomic E-state index is 0.0465. The van der Waals surface area contributed by atoms with Gasteiger partial charge in [-0.25, -0.2) is 9.48 Å². The zero-order valence-corrected chi connectivity index (χ0v) is 25.3. The van der Waals surface area contributed by atoms with Crippen LogP contribution in [0.4, 0.5) is 9.18 Å². The van der Waals surface area contributed by atoms with Crippen LogP contribution in [0.2, 0.25) is 0 Å². The molecule has 2 heterocycles. The third kappa shape index (κ3) is 6.91. The van der Waals surface area contributed by atoms with E-state index in [1.54, 1.807) is 4.68 Å². The molecule has 1 aliphatic heterocycles. The van der Waals surface area contributed by atoms with Gasteiger partial charge in [0.2, 0.25) is 5.95 Å². The van der Waals surface area contributed by atoms with E-state index in [1.165, 1.54) is 0 Å². The quantitative estimate of drug-likeness (QED) is 0.200. The number of rotatable bonds is 9. The molecule has 2 unspecified atom stereocenters. The summed E-state index contributed by atoms with van der Waals surface area (Å²) in [6.45, 7) is 8.88. The van der Waals surface area contributed by atoms with Crippen LogP contribution < -0.4 is 10.5 Å². The maximum atomic E-state index is 15.3. The van der Waals surface area contributed by atoms with Crippen molar-refractivity contribution in [3.05, 3.63) is 95.4 Å². The molecule has 1 saturated heterocycles. The number of allylic oxidation sites excluding steroid dienone is 1. The molecule has 43 heavy (non-hydrogen) atoms. The number of halogens is 1. The number of nitrogens with zero attached hydrogens (tertiary/aromatic N) is 2. The van der Waals surface area contributed by atoms with Crippen molar-refractivity contribution in [1.29, 1.82) is 0 Å². The van der Waals surface area contributed by atoms with E-state index in [0.717, 1.165) is 59.0 Å².